The minimum Gasteiger partial charge on any atom is -0.461 e. The Bertz CT molecular complexity index is 406. The summed E-state index contributed by atoms with van der Waals surface area (Å²) in [5.41, 5.74) is -1.63. The van der Waals surface area contributed by atoms with Crippen LogP contribution in [0, 0.1) is 0 Å². The average molecular weight is 254 g/mol. The summed E-state index contributed by atoms with van der Waals surface area (Å²) in [6.45, 7) is 1.56. The van der Waals surface area contributed by atoms with Gasteiger partial charge in [-0.15, -0.1) is 0 Å². The fraction of sp³-hybridized carbons (Fsp3) is 0.333. The standard InChI is InChI=1S/C9H7ClF3NO2/c1-2-16-8(15)7-6(10)5(3-4-14-7)9(11,12)13/h3-4H,2H2,1H3. The van der Waals surface area contributed by atoms with Crippen LogP contribution in [-0.4, -0.2) is 17.6 Å². The molecule has 0 radical (unpaired) electrons. The van der Waals surface area contributed by atoms with Gasteiger partial charge in [-0.3, -0.25) is 0 Å². The van der Waals surface area contributed by atoms with Gasteiger partial charge in [0.25, 0.3) is 0 Å². The lowest BCUT2D eigenvalue weighted by atomic mass is 10.2. The Balaban J connectivity index is 3.19. The Labute approximate surface area is 94.2 Å². The minimum absolute atomic E-state index is 0.0348. The molecular formula is C9H7ClF3NO2. The Kier molecular flexibility index (Phi) is 3.74. The molecule has 0 N–H and O–H groups in total. The molecule has 0 saturated carbocycles. The quantitative estimate of drug-likeness (QED) is 0.761. The number of carbonyl (C=O) groups is 1. The molecule has 0 amide bonds. The number of ether oxygens (including phenoxy) is 1. The predicted octanol–water partition coefficient (Wildman–Crippen LogP) is 2.93. The van der Waals surface area contributed by atoms with Gasteiger partial charge in [0.1, 0.15) is 0 Å². The number of pyridine rings is 1. The van der Waals surface area contributed by atoms with Crippen LogP contribution in [0.4, 0.5) is 13.2 Å². The summed E-state index contributed by atoms with van der Waals surface area (Å²) in [5.74, 6) is -0.974. The van der Waals surface area contributed by atoms with Crippen molar-refractivity contribution in [2.75, 3.05) is 6.61 Å². The Morgan fingerprint density at radius 2 is 2.19 bits per heavy atom. The third-order valence-corrected chi connectivity index (χ3v) is 2.05. The van der Waals surface area contributed by atoms with E-state index in [1.807, 2.05) is 0 Å². The van der Waals surface area contributed by atoms with E-state index >= 15 is 0 Å². The molecule has 3 nitrogen and oxygen atoms in total. The summed E-state index contributed by atoms with van der Waals surface area (Å²) >= 11 is 5.44. The highest BCUT2D eigenvalue weighted by molar-refractivity contribution is 6.34. The Morgan fingerprint density at radius 1 is 1.56 bits per heavy atom. The highest BCUT2D eigenvalue weighted by Gasteiger charge is 2.35. The summed E-state index contributed by atoms with van der Waals surface area (Å²) in [5, 5.41) is -0.742. The molecule has 0 unspecified atom stereocenters. The van der Waals surface area contributed by atoms with Gasteiger partial charge in [0.2, 0.25) is 0 Å². The van der Waals surface area contributed by atoms with Gasteiger partial charge in [-0.25, -0.2) is 9.78 Å². The van der Waals surface area contributed by atoms with E-state index in [4.69, 9.17) is 11.6 Å². The molecule has 0 fully saturated rings. The first-order valence-electron chi connectivity index (χ1n) is 4.26. The number of halogens is 4. The summed E-state index contributed by atoms with van der Waals surface area (Å²) < 4.78 is 41.8. The molecule has 0 spiro atoms. The van der Waals surface area contributed by atoms with Crippen LogP contribution in [0.1, 0.15) is 23.0 Å². The van der Waals surface area contributed by atoms with Gasteiger partial charge in [-0.2, -0.15) is 13.2 Å². The second kappa shape index (κ2) is 4.69. The molecule has 0 aliphatic heterocycles. The molecule has 0 saturated heterocycles. The number of alkyl halides is 3. The van der Waals surface area contributed by atoms with Crippen molar-refractivity contribution in [3.8, 4) is 0 Å². The van der Waals surface area contributed by atoms with E-state index in [-0.39, 0.29) is 6.61 Å². The summed E-state index contributed by atoms with van der Waals surface area (Å²) in [6, 6.07) is 0.699. The zero-order chi connectivity index (χ0) is 12.3. The van der Waals surface area contributed by atoms with Crippen LogP contribution >= 0.6 is 11.6 Å². The molecule has 1 heterocycles. The maximum atomic E-state index is 12.4. The lowest BCUT2D eigenvalue weighted by Gasteiger charge is -2.10. The molecule has 1 aromatic rings. The maximum Gasteiger partial charge on any atom is 0.417 e. The summed E-state index contributed by atoms with van der Waals surface area (Å²) in [4.78, 5) is 14.7. The third-order valence-electron chi connectivity index (χ3n) is 1.66. The predicted molar refractivity (Wildman–Crippen MR) is 50.2 cm³/mol. The second-order valence-corrected chi connectivity index (χ2v) is 3.12. The largest absolute Gasteiger partial charge is 0.461 e. The molecule has 0 aliphatic rings. The van der Waals surface area contributed by atoms with E-state index < -0.39 is 28.4 Å². The number of esters is 1. The molecule has 7 heteroatoms. The van der Waals surface area contributed by atoms with Crippen molar-refractivity contribution in [2.24, 2.45) is 0 Å². The molecule has 0 aromatic carbocycles. The number of rotatable bonds is 2. The van der Waals surface area contributed by atoms with Crippen molar-refractivity contribution < 1.29 is 22.7 Å². The normalized spacial score (nSPS) is 11.3. The van der Waals surface area contributed by atoms with Crippen LogP contribution in [0.25, 0.3) is 0 Å². The SMILES string of the molecule is CCOC(=O)c1nccc(C(F)(F)F)c1Cl. The Hall–Kier alpha value is -1.30. The van der Waals surface area contributed by atoms with Gasteiger partial charge in [0, 0.05) is 6.20 Å². The Morgan fingerprint density at radius 3 is 2.69 bits per heavy atom. The van der Waals surface area contributed by atoms with Gasteiger partial charge < -0.3 is 4.74 Å². The topological polar surface area (TPSA) is 39.2 Å². The van der Waals surface area contributed by atoms with Crippen LogP contribution in [0.2, 0.25) is 5.02 Å². The summed E-state index contributed by atoms with van der Waals surface area (Å²) in [6.07, 6.45) is -3.76. The van der Waals surface area contributed by atoms with Crippen LogP contribution in [0.15, 0.2) is 12.3 Å². The fourth-order valence-electron chi connectivity index (χ4n) is 1.00. The number of hydrogen-bond donors (Lipinski definition) is 0. The van der Waals surface area contributed by atoms with Crippen LogP contribution < -0.4 is 0 Å². The lowest BCUT2D eigenvalue weighted by molar-refractivity contribution is -0.137. The van der Waals surface area contributed by atoms with Crippen molar-refractivity contribution in [3.05, 3.63) is 28.5 Å². The number of carbonyl (C=O) groups excluding carboxylic acids is 1. The first kappa shape index (κ1) is 12.8. The monoisotopic (exact) mass is 253 g/mol. The van der Waals surface area contributed by atoms with Crippen molar-refractivity contribution in [2.45, 2.75) is 13.1 Å². The van der Waals surface area contributed by atoms with Gasteiger partial charge in [0.05, 0.1) is 17.2 Å². The number of nitrogens with zero attached hydrogens (tertiary/aromatic N) is 1. The van der Waals surface area contributed by atoms with Crippen molar-refractivity contribution >= 4 is 17.6 Å². The smallest absolute Gasteiger partial charge is 0.417 e. The average Bonchev–Trinajstić information content (AvgIpc) is 2.16. The summed E-state index contributed by atoms with van der Waals surface area (Å²) in [7, 11) is 0. The van der Waals surface area contributed by atoms with E-state index in [9.17, 15) is 18.0 Å². The number of hydrogen-bond acceptors (Lipinski definition) is 3. The van der Waals surface area contributed by atoms with Crippen LogP contribution in [0.5, 0.6) is 0 Å². The van der Waals surface area contributed by atoms with E-state index in [0.717, 1.165) is 6.20 Å². The maximum absolute atomic E-state index is 12.4. The molecule has 88 valence electrons. The third kappa shape index (κ3) is 2.63. The molecule has 1 aromatic heterocycles. The van der Waals surface area contributed by atoms with Crippen LogP contribution in [-0.2, 0) is 10.9 Å². The fourth-order valence-corrected chi connectivity index (χ4v) is 1.30. The second-order valence-electron chi connectivity index (χ2n) is 2.74. The van der Waals surface area contributed by atoms with E-state index in [2.05, 4.69) is 9.72 Å². The molecule has 16 heavy (non-hydrogen) atoms. The molecule has 0 bridgehead atoms. The van der Waals surface area contributed by atoms with E-state index in [1.165, 1.54) is 6.92 Å². The van der Waals surface area contributed by atoms with Gasteiger partial charge in [-0.1, -0.05) is 11.6 Å². The van der Waals surface area contributed by atoms with E-state index in [1.54, 1.807) is 0 Å². The van der Waals surface area contributed by atoms with Gasteiger partial charge >= 0.3 is 12.1 Å². The van der Waals surface area contributed by atoms with Gasteiger partial charge in [0.15, 0.2) is 5.69 Å². The zero-order valence-corrected chi connectivity index (χ0v) is 8.89. The first-order chi connectivity index (χ1) is 7.38. The van der Waals surface area contributed by atoms with Gasteiger partial charge in [-0.05, 0) is 13.0 Å². The minimum atomic E-state index is -4.62. The highest BCUT2D eigenvalue weighted by Crippen LogP contribution is 2.35. The highest BCUT2D eigenvalue weighted by atomic mass is 35.5. The molecule has 1 rings (SSSR count). The van der Waals surface area contributed by atoms with E-state index in [0.29, 0.717) is 6.07 Å². The number of aromatic nitrogens is 1. The lowest BCUT2D eigenvalue weighted by Crippen LogP contribution is -2.13. The molecule has 0 atom stereocenters. The first-order valence-corrected chi connectivity index (χ1v) is 4.64. The van der Waals surface area contributed by atoms with Crippen molar-refractivity contribution in [1.29, 1.82) is 0 Å². The molecular weight excluding hydrogens is 247 g/mol. The molecule has 0 aliphatic carbocycles. The zero-order valence-electron chi connectivity index (χ0n) is 8.14. The van der Waals surface area contributed by atoms with Crippen molar-refractivity contribution in [3.63, 3.8) is 0 Å². The van der Waals surface area contributed by atoms with Crippen LogP contribution in [0.3, 0.4) is 0 Å². The van der Waals surface area contributed by atoms with Crippen molar-refractivity contribution in [1.82, 2.24) is 4.98 Å².